The topological polar surface area (TPSA) is 64.6 Å². The summed E-state index contributed by atoms with van der Waals surface area (Å²) in [6.45, 7) is 6.71. The van der Waals surface area contributed by atoms with Crippen LogP contribution in [0, 0.1) is 5.92 Å². The Morgan fingerprint density at radius 3 is 2.32 bits per heavy atom. The van der Waals surface area contributed by atoms with Gasteiger partial charge in [0.15, 0.2) is 0 Å². The van der Waals surface area contributed by atoms with Gasteiger partial charge in [-0.3, -0.25) is 9.59 Å². The molecule has 0 aromatic rings. The molecule has 0 radical (unpaired) electrons. The third-order valence-electron chi connectivity index (χ3n) is 5.29. The average molecular weight is 354 g/mol. The summed E-state index contributed by atoms with van der Waals surface area (Å²) in [5.41, 5.74) is 0. The smallest absolute Gasteiger partial charge is 0.220 e. The van der Waals surface area contributed by atoms with E-state index in [0.717, 1.165) is 44.9 Å². The predicted molar refractivity (Wildman–Crippen MR) is 97.4 cm³/mol. The van der Waals surface area contributed by atoms with Gasteiger partial charge in [-0.2, -0.15) is 0 Å². The zero-order valence-electron chi connectivity index (χ0n) is 16.1. The van der Waals surface area contributed by atoms with Crippen molar-refractivity contribution in [3.8, 4) is 0 Å². The normalized spacial score (nSPS) is 29.3. The summed E-state index contributed by atoms with van der Waals surface area (Å²) >= 11 is 0. The fourth-order valence-corrected chi connectivity index (χ4v) is 3.79. The highest BCUT2D eigenvalue weighted by molar-refractivity contribution is 5.82. The van der Waals surface area contributed by atoms with Crippen LogP contribution < -0.4 is 5.32 Å². The fraction of sp³-hybridized carbons (Fsp3) is 0.900. The second-order valence-electron chi connectivity index (χ2n) is 7.81. The van der Waals surface area contributed by atoms with Crippen LogP contribution in [-0.4, -0.2) is 42.7 Å². The highest BCUT2D eigenvalue weighted by atomic mass is 16.5. The number of ether oxygens (including phenoxy) is 2. The Balaban J connectivity index is 1.47. The molecule has 2 rings (SSSR count). The maximum Gasteiger partial charge on any atom is 0.220 e. The predicted octanol–water partition coefficient (Wildman–Crippen LogP) is 3.39. The first kappa shape index (κ1) is 20.4. The number of rotatable bonds is 10. The van der Waals surface area contributed by atoms with E-state index >= 15 is 0 Å². The zero-order chi connectivity index (χ0) is 18.2. The number of Topliss-reactive ketones (excluding diaryl/α,β-unsaturated/α-hetero) is 1. The van der Waals surface area contributed by atoms with Crippen LogP contribution in [0.25, 0.3) is 0 Å². The fourth-order valence-electron chi connectivity index (χ4n) is 3.79. The molecule has 25 heavy (non-hydrogen) atoms. The number of ketones is 1. The van der Waals surface area contributed by atoms with E-state index in [1.807, 2.05) is 6.92 Å². The summed E-state index contributed by atoms with van der Waals surface area (Å²) in [6.07, 6.45) is 8.77. The lowest BCUT2D eigenvalue weighted by Gasteiger charge is -2.34. The lowest BCUT2D eigenvalue weighted by atomic mass is 9.77. The summed E-state index contributed by atoms with van der Waals surface area (Å²) in [6, 6.07) is 0.199. The van der Waals surface area contributed by atoms with Crippen LogP contribution in [0.5, 0.6) is 0 Å². The molecule has 0 aromatic carbocycles. The number of hydrogen-bond donors (Lipinski definition) is 1. The first-order valence-electron chi connectivity index (χ1n) is 10.1. The van der Waals surface area contributed by atoms with Crippen molar-refractivity contribution in [2.45, 2.75) is 103 Å². The molecule has 144 valence electrons. The van der Waals surface area contributed by atoms with Crippen LogP contribution in [0.3, 0.4) is 0 Å². The molecular weight excluding hydrogens is 318 g/mol. The maximum atomic E-state index is 11.9. The third kappa shape index (κ3) is 7.06. The summed E-state index contributed by atoms with van der Waals surface area (Å²) < 4.78 is 11.8. The Bertz CT molecular complexity index is 423. The van der Waals surface area contributed by atoms with Gasteiger partial charge in [-0.25, -0.2) is 0 Å². The molecule has 2 saturated carbocycles. The molecule has 2 aliphatic rings. The van der Waals surface area contributed by atoms with Crippen molar-refractivity contribution >= 4 is 11.7 Å². The molecule has 1 N–H and O–H groups in total. The molecule has 0 spiro atoms. The van der Waals surface area contributed by atoms with E-state index in [1.165, 1.54) is 0 Å². The Labute approximate surface area is 152 Å². The van der Waals surface area contributed by atoms with E-state index in [4.69, 9.17) is 9.47 Å². The second-order valence-corrected chi connectivity index (χ2v) is 7.81. The van der Waals surface area contributed by atoms with Crippen LogP contribution in [-0.2, 0) is 19.1 Å². The summed E-state index contributed by atoms with van der Waals surface area (Å²) in [4.78, 5) is 23.4. The van der Waals surface area contributed by atoms with Gasteiger partial charge in [-0.1, -0.05) is 6.92 Å². The van der Waals surface area contributed by atoms with Crippen LogP contribution in [0.4, 0.5) is 0 Å². The Kier molecular flexibility index (Phi) is 8.37. The Morgan fingerprint density at radius 2 is 1.72 bits per heavy atom. The first-order valence-corrected chi connectivity index (χ1v) is 10.1. The van der Waals surface area contributed by atoms with Crippen molar-refractivity contribution in [2.24, 2.45) is 5.92 Å². The number of carbonyl (C=O) groups excluding carboxylic acids is 2. The van der Waals surface area contributed by atoms with Crippen LogP contribution in [0.15, 0.2) is 0 Å². The van der Waals surface area contributed by atoms with E-state index in [2.05, 4.69) is 19.2 Å². The molecule has 5 heteroatoms. The van der Waals surface area contributed by atoms with E-state index in [0.29, 0.717) is 43.5 Å². The van der Waals surface area contributed by atoms with E-state index < -0.39 is 0 Å². The van der Waals surface area contributed by atoms with Gasteiger partial charge in [-0.15, -0.1) is 0 Å². The van der Waals surface area contributed by atoms with Crippen molar-refractivity contribution in [1.29, 1.82) is 0 Å². The van der Waals surface area contributed by atoms with Crippen molar-refractivity contribution in [3.63, 3.8) is 0 Å². The van der Waals surface area contributed by atoms with E-state index in [1.54, 1.807) is 0 Å². The molecule has 2 fully saturated rings. The zero-order valence-corrected chi connectivity index (χ0v) is 16.1. The number of hydrogen-bond acceptors (Lipinski definition) is 4. The van der Waals surface area contributed by atoms with E-state index in [-0.39, 0.29) is 17.9 Å². The van der Waals surface area contributed by atoms with Gasteiger partial charge in [-0.05, 0) is 58.8 Å². The monoisotopic (exact) mass is 353 g/mol. The molecular formula is C20H35NO4. The molecule has 0 aromatic heterocycles. The molecule has 0 atom stereocenters. The van der Waals surface area contributed by atoms with Crippen LogP contribution >= 0.6 is 0 Å². The van der Waals surface area contributed by atoms with Gasteiger partial charge in [0, 0.05) is 31.4 Å². The van der Waals surface area contributed by atoms with Crippen molar-refractivity contribution in [2.75, 3.05) is 6.61 Å². The van der Waals surface area contributed by atoms with Gasteiger partial charge >= 0.3 is 0 Å². The lowest BCUT2D eigenvalue weighted by Crippen LogP contribution is -2.46. The van der Waals surface area contributed by atoms with Crippen molar-refractivity contribution in [1.82, 2.24) is 5.32 Å². The standard InChI is InChI=1S/C20H35NO4/c1-4-19(22)15-12-16(13-15)21-20(23)6-5-11-24-17-7-9-18(10-8-17)25-14(2)3/h14-18H,4-13H2,1-3H3,(H,21,23). The minimum Gasteiger partial charge on any atom is -0.378 e. The Morgan fingerprint density at radius 1 is 1.08 bits per heavy atom. The summed E-state index contributed by atoms with van der Waals surface area (Å²) in [7, 11) is 0. The highest BCUT2D eigenvalue weighted by Crippen LogP contribution is 2.29. The molecule has 0 bridgehead atoms. The molecule has 2 aliphatic carbocycles. The molecule has 1 amide bonds. The largest absolute Gasteiger partial charge is 0.378 e. The van der Waals surface area contributed by atoms with Crippen LogP contribution in [0.1, 0.15) is 78.6 Å². The Hall–Kier alpha value is -0.940. The van der Waals surface area contributed by atoms with Crippen LogP contribution in [0.2, 0.25) is 0 Å². The van der Waals surface area contributed by atoms with Gasteiger partial charge in [0.25, 0.3) is 0 Å². The number of nitrogens with one attached hydrogen (secondary N) is 1. The highest BCUT2D eigenvalue weighted by Gasteiger charge is 2.34. The van der Waals surface area contributed by atoms with E-state index in [9.17, 15) is 9.59 Å². The van der Waals surface area contributed by atoms with Gasteiger partial charge in [0.2, 0.25) is 5.91 Å². The minimum absolute atomic E-state index is 0.0880. The average Bonchev–Trinajstić information content (AvgIpc) is 2.55. The number of carbonyl (C=O) groups is 2. The molecule has 5 nitrogen and oxygen atoms in total. The molecule has 0 unspecified atom stereocenters. The SMILES string of the molecule is CCC(=O)C1CC(NC(=O)CCCOC2CCC(OC(C)C)CC2)C1. The van der Waals surface area contributed by atoms with Gasteiger partial charge < -0.3 is 14.8 Å². The van der Waals surface area contributed by atoms with Crippen molar-refractivity contribution < 1.29 is 19.1 Å². The van der Waals surface area contributed by atoms with Gasteiger partial charge in [0.1, 0.15) is 5.78 Å². The molecule has 0 heterocycles. The maximum absolute atomic E-state index is 11.9. The van der Waals surface area contributed by atoms with Crippen molar-refractivity contribution in [3.05, 3.63) is 0 Å². The molecule has 0 aliphatic heterocycles. The summed E-state index contributed by atoms with van der Waals surface area (Å²) in [5.74, 6) is 0.589. The van der Waals surface area contributed by atoms with Gasteiger partial charge in [0.05, 0.1) is 18.3 Å². The quantitative estimate of drug-likeness (QED) is 0.612. The summed E-state index contributed by atoms with van der Waals surface area (Å²) in [5, 5.41) is 3.02. The first-order chi connectivity index (χ1) is 12.0. The molecule has 0 saturated heterocycles. The number of amides is 1. The minimum atomic E-state index is 0.0880. The third-order valence-corrected chi connectivity index (χ3v) is 5.29. The lowest BCUT2D eigenvalue weighted by molar-refractivity contribution is -0.129. The second kappa shape index (κ2) is 10.3.